The lowest BCUT2D eigenvalue weighted by atomic mass is 10.2. The van der Waals surface area contributed by atoms with E-state index in [1.165, 1.54) is 0 Å². The van der Waals surface area contributed by atoms with Crippen molar-refractivity contribution in [3.63, 3.8) is 0 Å². The van der Waals surface area contributed by atoms with E-state index in [9.17, 15) is 13.2 Å². The van der Waals surface area contributed by atoms with E-state index in [1.54, 1.807) is 11.9 Å². The van der Waals surface area contributed by atoms with Crippen molar-refractivity contribution < 1.29 is 18.3 Å². The quantitative estimate of drug-likeness (QED) is 0.701. The maximum absolute atomic E-state index is 12.0. The molecule has 1 fully saturated rings. The van der Waals surface area contributed by atoms with Gasteiger partial charge in [0.25, 0.3) is 0 Å². The van der Waals surface area contributed by atoms with E-state index < -0.39 is 12.3 Å². The van der Waals surface area contributed by atoms with Gasteiger partial charge in [-0.05, 0) is 20.0 Å². The Bertz CT molecular complexity index is 180. The van der Waals surface area contributed by atoms with Gasteiger partial charge in [0.1, 0.15) is 0 Å². The second-order valence-electron chi connectivity index (χ2n) is 3.64. The average molecular weight is 212 g/mol. The Hall–Kier alpha value is -0.330. The molecule has 0 aromatic carbocycles. The summed E-state index contributed by atoms with van der Waals surface area (Å²) in [7, 11) is 1.60. The number of aliphatic hydroxyl groups excluding tert-OH is 1. The lowest BCUT2D eigenvalue weighted by molar-refractivity contribution is -0.208. The Balaban J connectivity index is 2.35. The predicted molar refractivity (Wildman–Crippen MR) is 46.0 cm³/mol. The SMILES string of the molecule is CN(CC(O)C(F)(F)F)C1CCNC1. The molecule has 0 spiro atoms. The fourth-order valence-electron chi connectivity index (χ4n) is 1.54. The van der Waals surface area contributed by atoms with Crippen LogP contribution in [0.4, 0.5) is 13.2 Å². The zero-order valence-electron chi connectivity index (χ0n) is 8.01. The van der Waals surface area contributed by atoms with Crippen LogP contribution < -0.4 is 5.32 Å². The van der Waals surface area contributed by atoms with Crippen molar-refractivity contribution in [1.29, 1.82) is 0 Å². The second-order valence-corrected chi connectivity index (χ2v) is 3.64. The highest BCUT2D eigenvalue weighted by molar-refractivity contribution is 4.81. The van der Waals surface area contributed by atoms with Crippen molar-refractivity contribution in [2.75, 3.05) is 26.7 Å². The molecule has 1 rings (SSSR count). The third kappa shape index (κ3) is 3.11. The lowest BCUT2D eigenvalue weighted by Crippen LogP contribution is -2.44. The number of rotatable bonds is 3. The summed E-state index contributed by atoms with van der Waals surface area (Å²) >= 11 is 0. The zero-order chi connectivity index (χ0) is 10.8. The summed E-state index contributed by atoms with van der Waals surface area (Å²) in [6.45, 7) is 1.17. The molecule has 84 valence electrons. The van der Waals surface area contributed by atoms with Gasteiger partial charge in [-0.1, -0.05) is 0 Å². The first kappa shape index (κ1) is 11.7. The lowest BCUT2D eigenvalue weighted by Gasteiger charge is -2.26. The number of alkyl halides is 3. The van der Waals surface area contributed by atoms with Crippen molar-refractivity contribution in [3.05, 3.63) is 0 Å². The number of aliphatic hydroxyl groups is 1. The molecular weight excluding hydrogens is 197 g/mol. The topological polar surface area (TPSA) is 35.5 Å². The van der Waals surface area contributed by atoms with Gasteiger partial charge in [-0.2, -0.15) is 13.2 Å². The third-order valence-corrected chi connectivity index (χ3v) is 2.50. The van der Waals surface area contributed by atoms with Crippen LogP contribution in [0.3, 0.4) is 0 Å². The number of likely N-dealkylation sites (N-methyl/N-ethyl adjacent to an activating group) is 1. The monoisotopic (exact) mass is 212 g/mol. The van der Waals surface area contributed by atoms with Crippen LogP contribution in [0.25, 0.3) is 0 Å². The molecule has 0 aromatic rings. The van der Waals surface area contributed by atoms with Crippen LogP contribution in [0.15, 0.2) is 0 Å². The molecule has 1 aliphatic rings. The number of hydrogen-bond acceptors (Lipinski definition) is 3. The third-order valence-electron chi connectivity index (χ3n) is 2.50. The molecule has 2 atom stereocenters. The summed E-state index contributed by atoms with van der Waals surface area (Å²) < 4.78 is 36.0. The van der Waals surface area contributed by atoms with Crippen molar-refractivity contribution in [2.24, 2.45) is 0 Å². The largest absolute Gasteiger partial charge is 0.415 e. The molecule has 1 saturated heterocycles. The number of nitrogens with one attached hydrogen (secondary N) is 1. The second kappa shape index (κ2) is 4.46. The molecule has 0 aromatic heterocycles. The molecule has 2 unspecified atom stereocenters. The molecule has 3 nitrogen and oxygen atoms in total. The van der Waals surface area contributed by atoms with Crippen LogP contribution in [-0.4, -0.2) is 55.0 Å². The summed E-state index contributed by atoms with van der Waals surface area (Å²) in [6.07, 6.45) is -5.92. The summed E-state index contributed by atoms with van der Waals surface area (Å²) in [4.78, 5) is 1.55. The van der Waals surface area contributed by atoms with Crippen LogP contribution in [0.5, 0.6) is 0 Å². The first-order valence-corrected chi connectivity index (χ1v) is 4.57. The molecule has 0 bridgehead atoms. The Morgan fingerprint density at radius 3 is 2.64 bits per heavy atom. The van der Waals surface area contributed by atoms with Crippen molar-refractivity contribution >= 4 is 0 Å². The maximum Gasteiger partial charge on any atom is 0.415 e. The highest BCUT2D eigenvalue weighted by atomic mass is 19.4. The molecule has 1 aliphatic heterocycles. The van der Waals surface area contributed by atoms with Crippen LogP contribution in [0.1, 0.15) is 6.42 Å². The molecule has 0 radical (unpaired) electrons. The van der Waals surface area contributed by atoms with Crippen molar-refractivity contribution in [3.8, 4) is 0 Å². The van der Waals surface area contributed by atoms with Gasteiger partial charge >= 0.3 is 6.18 Å². The van der Waals surface area contributed by atoms with Crippen molar-refractivity contribution in [2.45, 2.75) is 24.7 Å². The first-order chi connectivity index (χ1) is 6.41. The van der Waals surface area contributed by atoms with Gasteiger partial charge in [-0.3, -0.25) is 4.90 Å². The highest BCUT2D eigenvalue weighted by Crippen LogP contribution is 2.21. The molecule has 2 N–H and O–H groups in total. The molecule has 0 aliphatic carbocycles. The van der Waals surface area contributed by atoms with E-state index in [0.29, 0.717) is 6.54 Å². The van der Waals surface area contributed by atoms with Gasteiger partial charge in [0, 0.05) is 19.1 Å². The number of halogens is 3. The van der Waals surface area contributed by atoms with Crippen LogP contribution in [0, 0.1) is 0 Å². The fraction of sp³-hybridized carbons (Fsp3) is 1.00. The normalized spacial score (nSPS) is 25.7. The van der Waals surface area contributed by atoms with Crippen LogP contribution >= 0.6 is 0 Å². The summed E-state index contributed by atoms with van der Waals surface area (Å²) in [5, 5.41) is 11.9. The molecule has 14 heavy (non-hydrogen) atoms. The summed E-state index contributed by atoms with van der Waals surface area (Å²) in [5.74, 6) is 0. The summed E-state index contributed by atoms with van der Waals surface area (Å²) in [5.41, 5.74) is 0. The summed E-state index contributed by atoms with van der Waals surface area (Å²) in [6, 6.07) is 0.104. The Morgan fingerprint density at radius 1 is 1.57 bits per heavy atom. The minimum atomic E-state index is -4.51. The standard InChI is InChI=1S/C8H15F3N2O/c1-13(6-2-3-12-4-6)5-7(14)8(9,10)11/h6-7,12,14H,2-5H2,1H3. The smallest absolute Gasteiger partial charge is 0.382 e. The molecule has 1 heterocycles. The molecule has 0 amide bonds. The minimum absolute atomic E-state index is 0.104. The van der Waals surface area contributed by atoms with Crippen LogP contribution in [0.2, 0.25) is 0 Å². The Kier molecular flexibility index (Phi) is 3.74. The fourth-order valence-corrected chi connectivity index (χ4v) is 1.54. The Labute approximate surface area is 80.9 Å². The zero-order valence-corrected chi connectivity index (χ0v) is 8.01. The number of hydrogen-bond donors (Lipinski definition) is 2. The van der Waals surface area contributed by atoms with Gasteiger partial charge in [0.2, 0.25) is 0 Å². The van der Waals surface area contributed by atoms with E-state index in [-0.39, 0.29) is 12.6 Å². The molecular formula is C8H15F3N2O. The van der Waals surface area contributed by atoms with E-state index in [4.69, 9.17) is 5.11 Å². The van der Waals surface area contributed by atoms with E-state index >= 15 is 0 Å². The molecule has 0 saturated carbocycles. The first-order valence-electron chi connectivity index (χ1n) is 4.57. The number of nitrogens with zero attached hydrogens (tertiary/aromatic N) is 1. The minimum Gasteiger partial charge on any atom is -0.382 e. The van der Waals surface area contributed by atoms with E-state index in [1.807, 2.05) is 0 Å². The average Bonchev–Trinajstić information content (AvgIpc) is 2.53. The highest BCUT2D eigenvalue weighted by Gasteiger charge is 2.39. The van der Waals surface area contributed by atoms with Gasteiger partial charge in [0.15, 0.2) is 6.10 Å². The van der Waals surface area contributed by atoms with Gasteiger partial charge in [-0.25, -0.2) is 0 Å². The van der Waals surface area contributed by atoms with Gasteiger partial charge in [0.05, 0.1) is 0 Å². The van der Waals surface area contributed by atoms with Crippen molar-refractivity contribution in [1.82, 2.24) is 10.2 Å². The van der Waals surface area contributed by atoms with Gasteiger partial charge < -0.3 is 10.4 Å². The van der Waals surface area contributed by atoms with E-state index in [2.05, 4.69) is 5.32 Å². The van der Waals surface area contributed by atoms with E-state index in [0.717, 1.165) is 13.0 Å². The van der Waals surface area contributed by atoms with Gasteiger partial charge in [-0.15, -0.1) is 0 Å². The van der Waals surface area contributed by atoms with Crippen LogP contribution in [-0.2, 0) is 0 Å². The Morgan fingerprint density at radius 2 is 2.21 bits per heavy atom. The molecule has 6 heteroatoms. The maximum atomic E-state index is 12.0. The predicted octanol–water partition coefficient (Wildman–Crippen LogP) is 0.203.